The highest BCUT2D eigenvalue weighted by Gasteiger charge is 2.22. The van der Waals surface area contributed by atoms with Gasteiger partial charge < -0.3 is 20.3 Å². The van der Waals surface area contributed by atoms with E-state index in [-0.39, 0.29) is 18.5 Å². The van der Waals surface area contributed by atoms with Crippen LogP contribution in [0.1, 0.15) is 5.56 Å². The van der Waals surface area contributed by atoms with Crippen LogP contribution in [0.5, 0.6) is 5.75 Å². The molecule has 140 valence electrons. The van der Waals surface area contributed by atoms with Gasteiger partial charge in [0.05, 0.1) is 5.69 Å². The molecule has 1 fully saturated rings. The number of hydrogen-bond donors (Lipinski definition) is 2. The highest BCUT2D eigenvalue weighted by atomic mass is 16.5. The van der Waals surface area contributed by atoms with Crippen molar-refractivity contribution in [3.05, 3.63) is 48.3 Å². The van der Waals surface area contributed by atoms with Gasteiger partial charge in [-0.1, -0.05) is 0 Å². The van der Waals surface area contributed by atoms with Crippen LogP contribution in [-0.2, 0) is 11.3 Å². The van der Waals surface area contributed by atoms with E-state index in [0.717, 1.165) is 19.6 Å². The van der Waals surface area contributed by atoms with Gasteiger partial charge in [0.1, 0.15) is 5.75 Å². The molecule has 0 aliphatic carbocycles. The van der Waals surface area contributed by atoms with E-state index >= 15 is 0 Å². The van der Waals surface area contributed by atoms with Crippen molar-refractivity contribution in [3.8, 4) is 5.75 Å². The number of rotatable bonds is 3. The van der Waals surface area contributed by atoms with Gasteiger partial charge in [-0.3, -0.25) is 14.7 Å². The first-order valence-electron chi connectivity index (χ1n) is 8.91. The molecule has 1 aromatic heterocycles. The largest absolute Gasteiger partial charge is 0.482 e. The maximum Gasteiger partial charge on any atom is 0.321 e. The molecule has 1 saturated heterocycles. The summed E-state index contributed by atoms with van der Waals surface area (Å²) in [7, 11) is 0. The van der Waals surface area contributed by atoms with Gasteiger partial charge in [0.2, 0.25) is 0 Å². The predicted molar refractivity (Wildman–Crippen MR) is 101 cm³/mol. The average molecular weight is 367 g/mol. The van der Waals surface area contributed by atoms with E-state index in [4.69, 9.17) is 4.74 Å². The second kappa shape index (κ2) is 7.63. The van der Waals surface area contributed by atoms with Crippen LogP contribution in [0.25, 0.3) is 0 Å². The van der Waals surface area contributed by atoms with E-state index < -0.39 is 0 Å². The molecule has 27 heavy (non-hydrogen) atoms. The molecular weight excluding hydrogens is 346 g/mol. The van der Waals surface area contributed by atoms with Crippen LogP contribution < -0.4 is 15.4 Å². The molecule has 8 heteroatoms. The molecule has 2 aromatic rings. The number of anilines is 2. The Hall–Kier alpha value is -3.13. The number of ether oxygens (including phenoxy) is 1. The first-order chi connectivity index (χ1) is 13.2. The average Bonchev–Trinajstić information content (AvgIpc) is 2.69. The van der Waals surface area contributed by atoms with Crippen LogP contribution in [0, 0.1) is 0 Å². The zero-order chi connectivity index (χ0) is 18.6. The number of aromatic nitrogens is 1. The van der Waals surface area contributed by atoms with Crippen molar-refractivity contribution in [1.82, 2.24) is 14.8 Å². The second-order valence-corrected chi connectivity index (χ2v) is 6.60. The minimum atomic E-state index is -0.177. The van der Waals surface area contributed by atoms with Gasteiger partial charge in [-0.15, -0.1) is 0 Å². The van der Waals surface area contributed by atoms with E-state index in [1.807, 2.05) is 17.0 Å². The van der Waals surface area contributed by atoms with Gasteiger partial charge in [0, 0.05) is 56.9 Å². The number of nitrogens with one attached hydrogen (secondary N) is 2. The summed E-state index contributed by atoms with van der Waals surface area (Å²) in [6, 6.07) is 9.12. The highest BCUT2D eigenvalue weighted by Crippen LogP contribution is 2.30. The van der Waals surface area contributed by atoms with E-state index in [1.54, 1.807) is 30.6 Å². The van der Waals surface area contributed by atoms with Crippen LogP contribution >= 0.6 is 0 Å². The molecule has 3 heterocycles. The summed E-state index contributed by atoms with van der Waals surface area (Å²) in [5.41, 5.74) is 2.49. The Bertz CT molecular complexity index is 834. The maximum absolute atomic E-state index is 12.5. The number of pyridine rings is 1. The fourth-order valence-electron chi connectivity index (χ4n) is 3.21. The molecule has 2 aliphatic rings. The molecule has 0 spiro atoms. The molecule has 4 rings (SSSR count). The third-order valence-electron chi connectivity index (χ3n) is 4.68. The summed E-state index contributed by atoms with van der Waals surface area (Å²) in [5.74, 6) is 0.387. The molecule has 2 N–H and O–H groups in total. The first-order valence-corrected chi connectivity index (χ1v) is 8.91. The van der Waals surface area contributed by atoms with Gasteiger partial charge in [-0.05, 0) is 29.8 Å². The fraction of sp³-hybridized carbons (Fsp3) is 0.316. The molecular formula is C19H21N5O3. The Balaban J connectivity index is 1.30. The molecule has 0 unspecified atom stereocenters. The van der Waals surface area contributed by atoms with E-state index in [9.17, 15) is 9.59 Å². The van der Waals surface area contributed by atoms with Crippen LogP contribution in [0.15, 0.2) is 42.7 Å². The minimum absolute atomic E-state index is 0.0101. The topological polar surface area (TPSA) is 86.8 Å². The Morgan fingerprint density at radius 3 is 2.70 bits per heavy atom. The van der Waals surface area contributed by atoms with Crippen LogP contribution in [0.3, 0.4) is 0 Å². The highest BCUT2D eigenvalue weighted by molar-refractivity contribution is 5.96. The lowest BCUT2D eigenvalue weighted by atomic mass is 10.2. The number of carbonyl (C=O) groups excluding carboxylic acids is 2. The molecule has 2 aliphatic heterocycles. The Morgan fingerprint density at radius 2 is 1.93 bits per heavy atom. The number of nitrogens with zero attached hydrogens (tertiary/aromatic N) is 3. The third-order valence-corrected chi connectivity index (χ3v) is 4.68. The molecule has 0 radical (unpaired) electrons. The van der Waals surface area contributed by atoms with Crippen molar-refractivity contribution in [2.45, 2.75) is 6.54 Å². The molecule has 0 atom stereocenters. The predicted octanol–water partition coefficient (Wildman–Crippen LogP) is 1.76. The Labute approximate surface area is 157 Å². The van der Waals surface area contributed by atoms with Gasteiger partial charge in [0.25, 0.3) is 5.91 Å². The number of carbonyl (C=O) groups is 2. The number of urea groups is 1. The van der Waals surface area contributed by atoms with E-state index in [0.29, 0.717) is 30.2 Å². The summed E-state index contributed by atoms with van der Waals surface area (Å²) in [4.78, 5) is 32.0. The van der Waals surface area contributed by atoms with Crippen molar-refractivity contribution < 1.29 is 14.3 Å². The van der Waals surface area contributed by atoms with Gasteiger partial charge in [-0.2, -0.15) is 0 Å². The lowest BCUT2D eigenvalue weighted by molar-refractivity contribution is -0.118. The van der Waals surface area contributed by atoms with Crippen molar-refractivity contribution in [1.29, 1.82) is 0 Å². The van der Waals surface area contributed by atoms with Crippen molar-refractivity contribution >= 4 is 23.3 Å². The lowest BCUT2D eigenvalue weighted by Gasteiger charge is -2.34. The lowest BCUT2D eigenvalue weighted by Crippen LogP contribution is -2.49. The summed E-state index contributed by atoms with van der Waals surface area (Å²) in [6.45, 7) is 3.86. The van der Waals surface area contributed by atoms with E-state index in [1.165, 1.54) is 5.56 Å². The SMILES string of the molecule is O=C1COc2cc(NC(=O)N3CCN(Cc4ccncc4)CC3)ccc2N1. The van der Waals surface area contributed by atoms with E-state index in [2.05, 4.69) is 20.5 Å². The maximum atomic E-state index is 12.5. The normalized spacial score (nSPS) is 16.9. The zero-order valence-electron chi connectivity index (χ0n) is 14.9. The summed E-state index contributed by atoms with van der Waals surface area (Å²) < 4.78 is 5.39. The minimum Gasteiger partial charge on any atom is -0.482 e. The quantitative estimate of drug-likeness (QED) is 0.863. The number of hydrogen-bond acceptors (Lipinski definition) is 5. The summed E-state index contributed by atoms with van der Waals surface area (Å²) in [5, 5.41) is 5.64. The van der Waals surface area contributed by atoms with Crippen molar-refractivity contribution in [3.63, 3.8) is 0 Å². The van der Waals surface area contributed by atoms with Crippen molar-refractivity contribution in [2.75, 3.05) is 43.4 Å². The Morgan fingerprint density at radius 1 is 1.15 bits per heavy atom. The molecule has 0 saturated carbocycles. The molecule has 0 bridgehead atoms. The molecule has 8 nitrogen and oxygen atoms in total. The third kappa shape index (κ3) is 4.17. The van der Waals surface area contributed by atoms with Gasteiger partial charge in [0.15, 0.2) is 6.61 Å². The van der Waals surface area contributed by atoms with Crippen molar-refractivity contribution in [2.24, 2.45) is 0 Å². The first kappa shape index (κ1) is 17.3. The van der Waals surface area contributed by atoms with Gasteiger partial charge >= 0.3 is 6.03 Å². The monoisotopic (exact) mass is 367 g/mol. The summed E-state index contributed by atoms with van der Waals surface area (Å²) >= 11 is 0. The van der Waals surface area contributed by atoms with Gasteiger partial charge in [-0.25, -0.2) is 4.79 Å². The molecule has 1 aromatic carbocycles. The van der Waals surface area contributed by atoms with Crippen LogP contribution in [0.4, 0.5) is 16.2 Å². The number of benzene rings is 1. The standard InChI is InChI=1S/C19H21N5O3/c25-18-13-27-17-11-15(1-2-16(17)22-18)21-19(26)24-9-7-23(8-10-24)12-14-3-5-20-6-4-14/h1-6,11H,7-10,12-13H2,(H,21,26)(H,22,25). The number of piperazine rings is 1. The summed E-state index contributed by atoms with van der Waals surface area (Å²) in [6.07, 6.45) is 3.60. The number of amides is 3. The zero-order valence-corrected chi connectivity index (χ0v) is 14.9. The van der Waals surface area contributed by atoms with Crippen LogP contribution in [-0.4, -0.2) is 59.5 Å². The fourth-order valence-corrected chi connectivity index (χ4v) is 3.21. The molecule has 3 amide bonds. The smallest absolute Gasteiger partial charge is 0.321 e. The Kier molecular flexibility index (Phi) is 4.88. The van der Waals surface area contributed by atoms with Crippen LogP contribution in [0.2, 0.25) is 0 Å². The second-order valence-electron chi connectivity index (χ2n) is 6.60. The number of fused-ring (bicyclic) bond motifs is 1.